The molecule has 0 spiro atoms. The monoisotopic (exact) mass is 342 g/mol. The largest absolute Gasteiger partial charge is 0.491 e. The molecule has 2 nitrogen and oxygen atoms in total. The minimum atomic E-state index is 0.264. The minimum Gasteiger partial charge on any atom is -0.491 e. The second kappa shape index (κ2) is 8.91. The highest BCUT2D eigenvalue weighted by atomic mass is 35.5. The molecule has 0 aromatic heterocycles. The van der Waals surface area contributed by atoms with Crippen LogP contribution in [0, 0.1) is 0 Å². The van der Waals surface area contributed by atoms with E-state index in [4.69, 9.17) is 21.1 Å². The normalized spacial score (nSPS) is 17.0. The first-order valence-corrected chi connectivity index (χ1v) is 8.92. The Morgan fingerprint density at radius 3 is 2.58 bits per heavy atom. The molecule has 1 aliphatic carbocycles. The van der Waals surface area contributed by atoms with Crippen LogP contribution in [0.1, 0.15) is 30.4 Å². The van der Waals surface area contributed by atoms with Gasteiger partial charge in [-0.25, -0.2) is 0 Å². The quantitative estimate of drug-likeness (QED) is 0.493. The molecule has 3 rings (SSSR count). The van der Waals surface area contributed by atoms with Gasteiger partial charge in [-0.05, 0) is 55.0 Å². The molecule has 24 heavy (non-hydrogen) atoms. The van der Waals surface area contributed by atoms with Crippen LogP contribution in [0.4, 0.5) is 0 Å². The van der Waals surface area contributed by atoms with Gasteiger partial charge in [-0.2, -0.15) is 0 Å². The van der Waals surface area contributed by atoms with Crippen LogP contribution in [0.5, 0.6) is 5.75 Å². The fourth-order valence-corrected chi connectivity index (χ4v) is 3.05. The lowest BCUT2D eigenvalue weighted by atomic mass is 10.1. The molecule has 0 amide bonds. The number of hydrogen-bond acceptors (Lipinski definition) is 2. The fourth-order valence-electron chi connectivity index (χ4n) is 2.84. The summed E-state index contributed by atoms with van der Waals surface area (Å²) in [6, 6.07) is 16.1. The van der Waals surface area contributed by atoms with Crippen LogP contribution in [0.15, 0.2) is 60.7 Å². The SMILES string of the molecule is Clc1ccccc1Cc1ccc(OCCOC2C=CCCC2)cc1. The molecule has 0 N–H and O–H groups in total. The summed E-state index contributed by atoms with van der Waals surface area (Å²) in [6.07, 6.45) is 8.97. The van der Waals surface area contributed by atoms with Crippen LogP contribution < -0.4 is 4.74 Å². The molecule has 2 aromatic carbocycles. The summed E-state index contributed by atoms with van der Waals surface area (Å²) in [4.78, 5) is 0. The lowest BCUT2D eigenvalue weighted by molar-refractivity contribution is 0.0528. The maximum atomic E-state index is 6.21. The predicted octanol–water partition coefficient (Wildman–Crippen LogP) is 5.43. The average Bonchev–Trinajstić information content (AvgIpc) is 2.63. The van der Waals surface area contributed by atoms with Gasteiger partial charge in [0.1, 0.15) is 12.4 Å². The van der Waals surface area contributed by atoms with Crippen molar-refractivity contribution in [2.24, 2.45) is 0 Å². The lowest BCUT2D eigenvalue weighted by Crippen LogP contribution is -2.16. The fraction of sp³-hybridized carbons (Fsp3) is 0.333. The summed E-state index contributed by atoms with van der Waals surface area (Å²) < 4.78 is 11.5. The van der Waals surface area contributed by atoms with Gasteiger partial charge in [0.05, 0.1) is 12.7 Å². The maximum absolute atomic E-state index is 6.21. The van der Waals surface area contributed by atoms with Crippen molar-refractivity contribution >= 4 is 11.6 Å². The van der Waals surface area contributed by atoms with E-state index >= 15 is 0 Å². The standard InChI is InChI=1S/C21H23ClO2/c22-21-9-5-4-6-18(21)16-17-10-12-20(13-11-17)24-15-14-23-19-7-2-1-3-8-19/h2,4-7,9-13,19H,1,3,8,14-16H2. The summed E-state index contributed by atoms with van der Waals surface area (Å²) in [5, 5.41) is 0.812. The van der Waals surface area contributed by atoms with Crippen molar-refractivity contribution in [2.45, 2.75) is 31.8 Å². The van der Waals surface area contributed by atoms with E-state index in [1.165, 1.54) is 18.4 Å². The van der Waals surface area contributed by atoms with Crippen molar-refractivity contribution < 1.29 is 9.47 Å². The smallest absolute Gasteiger partial charge is 0.119 e. The molecule has 0 saturated heterocycles. The summed E-state index contributed by atoms with van der Waals surface area (Å²) in [6.45, 7) is 1.20. The van der Waals surface area contributed by atoms with Gasteiger partial charge in [0.25, 0.3) is 0 Å². The van der Waals surface area contributed by atoms with Crippen LogP contribution in [-0.4, -0.2) is 19.3 Å². The zero-order chi connectivity index (χ0) is 16.6. The van der Waals surface area contributed by atoms with Crippen LogP contribution in [-0.2, 0) is 11.2 Å². The highest BCUT2D eigenvalue weighted by molar-refractivity contribution is 6.31. The topological polar surface area (TPSA) is 18.5 Å². The Hall–Kier alpha value is -1.77. The van der Waals surface area contributed by atoms with Crippen molar-refractivity contribution in [1.29, 1.82) is 0 Å². The second-order valence-electron chi connectivity index (χ2n) is 6.03. The van der Waals surface area contributed by atoms with Gasteiger partial charge < -0.3 is 9.47 Å². The van der Waals surface area contributed by atoms with E-state index in [0.29, 0.717) is 13.2 Å². The van der Waals surface area contributed by atoms with Gasteiger partial charge in [0.2, 0.25) is 0 Å². The van der Waals surface area contributed by atoms with Gasteiger partial charge in [0, 0.05) is 5.02 Å². The number of rotatable bonds is 7. The number of ether oxygens (including phenoxy) is 2. The molecule has 0 bridgehead atoms. The molecular weight excluding hydrogens is 320 g/mol. The Kier molecular flexibility index (Phi) is 6.33. The van der Waals surface area contributed by atoms with Gasteiger partial charge in [-0.15, -0.1) is 0 Å². The van der Waals surface area contributed by atoms with Crippen LogP contribution in [0.2, 0.25) is 5.02 Å². The molecule has 1 unspecified atom stereocenters. The maximum Gasteiger partial charge on any atom is 0.119 e. The van der Waals surface area contributed by atoms with Crippen molar-refractivity contribution in [1.82, 2.24) is 0 Å². The third-order valence-electron chi connectivity index (χ3n) is 4.17. The van der Waals surface area contributed by atoms with Gasteiger partial charge in [-0.1, -0.05) is 54.1 Å². The van der Waals surface area contributed by atoms with Crippen molar-refractivity contribution in [2.75, 3.05) is 13.2 Å². The third kappa shape index (κ3) is 5.12. The molecular formula is C21H23ClO2. The average molecular weight is 343 g/mol. The zero-order valence-electron chi connectivity index (χ0n) is 13.8. The molecule has 0 fully saturated rings. The molecule has 1 aliphatic rings. The summed E-state index contributed by atoms with van der Waals surface area (Å²) in [5.74, 6) is 0.876. The Morgan fingerprint density at radius 1 is 1.00 bits per heavy atom. The Morgan fingerprint density at radius 2 is 1.83 bits per heavy atom. The van der Waals surface area contributed by atoms with Crippen molar-refractivity contribution in [3.63, 3.8) is 0 Å². The summed E-state index contributed by atoms with van der Waals surface area (Å²) in [5.41, 5.74) is 2.36. The Labute approximate surface area is 149 Å². The lowest BCUT2D eigenvalue weighted by Gasteiger charge is -2.17. The zero-order valence-corrected chi connectivity index (χ0v) is 14.5. The molecule has 0 aliphatic heterocycles. The molecule has 0 heterocycles. The van der Waals surface area contributed by atoms with E-state index in [1.807, 2.05) is 30.3 Å². The van der Waals surface area contributed by atoms with E-state index < -0.39 is 0 Å². The van der Waals surface area contributed by atoms with Gasteiger partial charge in [0.15, 0.2) is 0 Å². The first-order chi connectivity index (χ1) is 11.8. The van der Waals surface area contributed by atoms with Crippen LogP contribution in [0.3, 0.4) is 0 Å². The van der Waals surface area contributed by atoms with Crippen LogP contribution in [0.25, 0.3) is 0 Å². The van der Waals surface area contributed by atoms with Gasteiger partial charge >= 0.3 is 0 Å². The van der Waals surface area contributed by atoms with E-state index in [0.717, 1.165) is 29.2 Å². The number of hydrogen-bond donors (Lipinski definition) is 0. The Balaban J connectivity index is 1.43. The number of benzene rings is 2. The molecule has 2 aromatic rings. The molecule has 0 radical (unpaired) electrons. The molecule has 1 atom stereocenters. The number of allylic oxidation sites excluding steroid dienone is 1. The van der Waals surface area contributed by atoms with Crippen molar-refractivity contribution in [3.8, 4) is 5.75 Å². The van der Waals surface area contributed by atoms with E-state index in [1.54, 1.807) is 0 Å². The molecule has 0 saturated carbocycles. The highest BCUT2D eigenvalue weighted by Crippen LogP contribution is 2.20. The van der Waals surface area contributed by atoms with Gasteiger partial charge in [-0.3, -0.25) is 0 Å². The second-order valence-corrected chi connectivity index (χ2v) is 6.44. The van der Waals surface area contributed by atoms with E-state index in [9.17, 15) is 0 Å². The Bertz CT molecular complexity index is 664. The highest BCUT2D eigenvalue weighted by Gasteiger charge is 2.08. The van der Waals surface area contributed by atoms with Crippen molar-refractivity contribution in [3.05, 3.63) is 76.8 Å². The molecule has 126 valence electrons. The van der Waals surface area contributed by atoms with Crippen LogP contribution >= 0.6 is 11.6 Å². The predicted molar refractivity (Wildman–Crippen MR) is 98.9 cm³/mol. The first kappa shape index (κ1) is 17.1. The summed E-state index contributed by atoms with van der Waals surface area (Å²) >= 11 is 6.21. The third-order valence-corrected chi connectivity index (χ3v) is 4.54. The molecule has 3 heteroatoms. The van der Waals surface area contributed by atoms with E-state index in [-0.39, 0.29) is 6.10 Å². The summed E-state index contributed by atoms with van der Waals surface area (Å²) in [7, 11) is 0. The number of halogens is 1. The van der Waals surface area contributed by atoms with E-state index in [2.05, 4.69) is 30.4 Å². The minimum absolute atomic E-state index is 0.264. The first-order valence-electron chi connectivity index (χ1n) is 8.55.